The van der Waals surface area contributed by atoms with Crippen molar-refractivity contribution < 1.29 is 18.9 Å². The summed E-state index contributed by atoms with van der Waals surface area (Å²) >= 11 is 0. The molecule has 0 radical (unpaired) electrons. The summed E-state index contributed by atoms with van der Waals surface area (Å²) in [5.74, 6) is 2.42. The van der Waals surface area contributed by atoms with Crippen LogP contribution in [0.3, 0.4) is 0 Å². The zero-order valence-corrected chi connectivity index (χ0v) is 21.0. The van der Waals surface area contributed by atoms with Crippen molar-refractivity contribution in [1.29, 1.82) is 0 Å². The molecule has 1 saturated heterocycles. The predicted octanol–water partition coefficient (Wildman–Crippen LogP) is 3.10. The fraction of sp³-hybridized carbons (Fsp3) is 0.591. The van der Waals surface area contributed by atoms with Crippen LogP contribution in [0.2, 0.25) is 0 Å². The van der Waals surface area contributed by atoms with E-state index in [1.165, 1.54) is 5.69 Å². The molecule has 0 aliphatic carbocycles. The number of aromatic nitrogens is 1. The Morgan fingerprint density at radius 2 is 1.97 bits per heavy atom. The lowest BCUT2D eigenvalue weighted by Gasteiger charge is -2.13. The molecule has 1 unspecified atom stereocenters. The van der Waals surface area contributed by atoms with Gasteiger partial charge in [-0.05, 0) is 31.7 Å². The molecule has 3 N–H and O–H groups in total. The Hall–Kier alpha value is -1.72. The number of halogens is 1. The van der Waals surface area contributed by atoms with Crippen molar-refractivity contribution in [3.63, 3.8) is 0 Å². The van der Waals surface area contributed by atoms with E-state index in [1.807, 2.05) is 12.1 Å². The van der Waals surface area contributed by atoms with Crippen LogP contribution in [-0.4, -0.2) is 71.2 Å². The number of methoxy groups -OCH3 is 2. The van der Waals surface area contributed by atoms with Crippen LogP contribution in [0.15, 0.2) is 23.2 Å². The molecule has 3 rings (SSSR count). The van der Waals surface area contributed by atoms with Crippen molar-refractivity contribution in [3.8, 4) is 11.5 Å². The van der Waals surface area contributed by atoms with Gasteiger partial charge in [-0.3, -0.25) is 4.99 Å². The van der Waals surface area contributed by atoms with Gasteiger partial charge in [0, 0.05) is 56.6 Å². The summed E-state index contributed by atoms with van der Waals surface area (Å²) in [7, 11) is 5.13. The molecule has 0 saturated carbocycles. The third-order valence-electron chi connectivity index (χ3n) is 5.18. The summed E-state index contributed by atoms with van der Waals surface area (Å²) in [5, 5.41) is 7.77. The van der Waals surface area contributed by atoms with Gasteiger partial charge in [-0.1, -0.05) is 0 Å². The summed E-state index contributed by atoms with van der Waals surface area (Å²) in [4.78, 5) is 7.74. The lowest BCUT2D eigenvalue weighted by molar-refractivity contribution is 0.0420. The van der Waals surface area contributed by atoms with E-state index >= 15 is 0 Å². The highest BCUT2D eigenvalue weighted by Gasteiger charge is 2.15. The Balaban J connectivity index is 0.00000341. The summed E-state index contributed by atoms with van der Waals surface area (Å²) < 4.78 is 21.9. The maximum Gasteiger partial charge on any atom is 0.190 e. The monoisotopic (exact) mass is 546 g/mol. The molecule has 8 nitrogen and oxygen atoms in total. The van der Waals surface area contributed by atoms with E-state index in [1.54, 1.807) is 21.3 Å². The molecule has 2 aromatic rings. The second kappa shape index (κ2) is 13.6. The highest BCUT2D eigenvalue weighted by atomic mass is 127. The average molecular weight is 546 g/mol. The largest absolute Gasteiger partial charge is 0.497 e. The Labute approximate surface area is 201 Å². The lowest BCUT2D eigenvalue weighted by atomic mass is 10.2. The second-order valence-electron chi connectivity index (χ2n) is 7.32. The number of guanidine groups is 1. The van der Waals surface area contributed by atoms with Crippen LogP contribution >= 0.6 is 24.0 Å². The van der Waals surface area contributed by atoms with E-state index in [-0.39, 0.29) is 30.1 Å². The number of benzene rings is 1. The number of aryl methyl sites for hydroxylation is 1. The number of ether oxygens (including phenoxy) is 4. The number of hydrogen-bond acceptors (Lipinski definition) is 5. The first-order valence-electron chi connectivity index (χ1n) is 10.6. The van der Waals surface area contributed by atoms with Gasteiger partial charge in [-0.25, -0.2) is 0 Å². The molecule has 1 aliphatic heterocycles. The second-order valence-corrected chi connectivity index (χ2v) is 7.32. The number of hydrogen-bond donors (Lipinski definition) is 3. The van der Waals surface area contributed by atoms with Gasteiger partial charge in [0.2, 0.25) is 0 Å². The van der Waals surface area contributed by atoms with Crippen LogP contribution in [0.5, 0.6) is 11.5 Å². The van der Waals surface area contributed by atoms with Crippen molar-refractivity contribution in [2.75, 3.05) is 54.2 Å². The van der Waals surface area contributed by atoms with Crippen molar-refractivity contribution in [3.05, 3.63) is 23.9 Å². The summed E-state index contributed by atoms with van der Waals surface area (Å²) in [6.07, 6.45) is 4.14. The fourth-order valence-electron chi connectivity index (χ4n) is 3.54. The highest BCUT2D eigenvalue weighted by Crippen LogP contribution is 2.31. The van der Waals surface area contributed by atoms with Crippen molar-refractivity contribution in [1.82, 2.24) is 15.6 Å². The first-order chi connectivity index (χ1) is 14.7. The topological polar surface area (TPSA) is 89.1 Å². The molecule has 1 aromatic heterocycles. The minimum absolute atomic E-state index is 0. The third kappa shape index (κ3) is 7.73. The van der Waals surface area contributed by atoms with E-state index in [2.05, 4.69) is 26.7 Å². The Morgan fingerprint density at radius 3 is 2.65 bits per heavy atom. The molecule has 1 fully saturated rings. The quantitative estimate of drug-likeness (QED) is 0.174. The molecule has 9 heteroatoms. The van der Waals surface area contributed by atoms with E-state index in [0.717, 1.165) is 87.0 Å². The minimum Gasteiger partial charge on any atom is -0.497 e. The smallest absolute Gasteiger partial charge is 0.190 e. The molecule has 0 bridgehead atoms. The van der Waals surface area contributed by atoms with Crippen LogP contribution < -0.4 is 20.1 Å². The van der Waals surface area contributed by atoms with Gasteiger partial charge in [-0.15, -0.1) is 24.0 Å². The van der Waals surface area contributed by atoms with E-state index < -0.39 is 0 Å². The summed E-state index contributed by atoms with van der Waals surface area (Å²) in [5.41, 5.74) is 2.20. The lowest BCUT2D eigenvalue weighted by Crippen LogP contribution is -2.38. The van der Waals surface area contributed by atoms with Gasteiger partial charge >= 0.3 is 0 Å². The first-order valence-corrected chi connectivity index (χ1v) is 10.6. The normalized spacial score (nSPS) is 16.2. The molecule has 1 aliphatic rings. The van der Waals surface area contributed by atoms with Crippen LogP contribution in [0.4, 0.5) is 0 Å². The van der Waals surface area contributed by atoms with Crippen molar-refractivity contribution in [2.24, 2.45) is 4.99 Å². The fourth-order valence-corrected chi connectivity index (χ4v) is 3.54. The maximum atomic E-state index is 5.78. The number of nitrogens with one attached hydrogen (secondary N) is 3. The van der Waals surface area contributed by atoms with E-state index in [9.17, 15) is 0 Å². The van der Waals surface area contributed by atoms with Crippen LogP contribution in [0, 0.1) is 0 Å². The van der Waals surface area contributed by atoms with E-state index in [0.29, 0.717) is 0 Å². The Morgan fingerprint density at radius 1 is 1.16 bits per heavy atom. The third-order valence-corrected chi connectivity index (χ3v) is 5.18. The van der Waals surface area contributed by atoms with Crippen LogP contribution in [-0.2, 0) is 15.9 Å². The highest BCUT2D eigenvalue weighted by molar-refractivity contribution is 14.0. The molecule has 174 valence electrons. The minimum atomic E-state index is 0. The number of rotatable bonds is 11. The molecule has 31 heavy (non-hydrogen) atoms. The molecule has 0 spiro atoms. The van der Waals surface area contributed by atoms with E-state index in [4.69, 9.17) is 18.9 Å². The number of fused-ring (bicyclic) bond motifs is 1. The van der Waals surface area contributed by atoms with Gasteiger partial charge in [0.1, 0.15) is 11.5 Å². The number of nitrogens with zero attached hydrogens (tertiary/aromatic N) is 1. The van der Waals surface area contributed by atoms with Gasteiger partial charge in [0.25, 0.3) is 0 Å². The van der Waals surface area contributed by atoms with Gasteiger partial charge in [-0.2, -0.15) is 0 Å². The Kier molecular flexibility index (Phi) is 11.2. The summed E-state index contributed by atoms with van der Waals surface area (Å²) in [6.45, 7) is 3.96. The van der Waals surface area contributed by atoms with Crippen molar-refractivity contribution in [2.45, 2.75) is 31.8 Å². The number of H-pyrrole nitrogens is 1. The number of aliphatic imine (C=N–C) groups is 1. The standard InChI is InChI=1S/C22H34N4O4.HI/c1-23-22(25-9-5-10-30-17-7-11-29-15-17)24-8-4-6-16-12-19-20(26-16)13-18(27-2)14-21(19)28-3;/h12-14,17,26H,4-11,15H2,1-3H3,(H2,23,24,25);1H. The zero-order chi connectivity index (χ0) is 21.2. The molecule has 0 amide bonds. The van der Waals surface area contributed by atoms with Gasteiger partial charge < -0.3 is 34.6 Å². The number of aromatic amines is 1. The maximum absolute atomic E-state index is 5.78. The first kappa shape index (κ1) is 25.5. The van der Waals surface area contributed by atoms with Crippen LogP contribution in [0.25, 0.3) is 10.9 Å². The summed E-state index contributed by atoms with van der Waals surface area (Å²) in [6, 6.07) is 6.05. The Bertz CT molecular complexity index is 821. The predicted molar refractivity (Wildman–Crippen MR) is 134 cm³/mol. The molecule has 2 heterocycles. The zero-order valence-electron chi connectivity index (χ0n) is 18.7. The van der Waals surface area contributed by atoms with Gasteiger partial charge in [0.05, 0.1) is 32.4 Å². The van der Waals surface area contributed by atoms with Crippen LogP contribution in [0.1, 0.15) is 25.0 Å². The average Bonchev–Trinajstić information content (AvgIpc) is 3.43. The van der Waals surface area contributed by atoms with Crippen molar-refractivity contribution >= 4 is 40.8 Å². The molecule has 1 aromatic carbocycles. The van der Waals surface area contributed by atoms with Gasteiger partial charge in [0.15, 0.2) is 5.96 Å². The molecular formula is C22H35IN4O4. The molecular weight excluding hydrogens is 511 g/mol. The SMILES string of the molecule is CN=C(NCCCOC1CCOC1)NCCCc1cc2c(OC)cc(OC)cc2[nH]1.I. The molecule has 1 atom stereocenters.